The van der Waals surface area contributed by atoms with Crippen LogP contribution in [-0.2, 0) is 66.4 Å². The van der Waals surface area contributed by atoms with Gasteiger partial charge in [-0.3, -0.25) is 14.5 Å². The largest absolute Gasteiger partial charge is 0.378 e. The highest BCUT2D eigenvalue weighted by Crippen LogP contribution is 2.02. The molecule has 0 aromatic carbocycles. The van der Waals surface area contributed by atoms with Crippen molar-refractivity contribution in [3.8, 4) is 0 Å². The number of ether oxygens (including phenoxy) is 12. The lowest BCUT2D eigenvalue weighted by molar-refractivity contribution is -0.137. The summed E-state index contributed by atoms with van der Waals surface area (Å²) in [4.78, 5) is 23.9. The van der Waals surface area contributed by atoms with Crippen molar-refractivity contribution in [2.75, 3.05) is 179 Å². The number of hydrogen-bond donors (Lipinski definition) is 1. The van der Waals surface area contributed by atoms with Crippen molar-refractivity contribution in [1.82, 2.24) is 10.2 Å². The molecule has 16 nitrogen and oxygen atoms in total. The number of rotatable bonds is 39. The molecule has 0 atom stereocenters. The Morgan fingerprint density at radius 1 is 0.383 bits per heavy atom. The lowest BCUT2D eigenvalue weighted by Gasteiger charge is -2.13. The van der Waals surface area contributed by atoms with Gasteiger partial charge >= 0.3 is 0 Å². The van der Waals surface area contributed by atoms with Gasteiger partial charge in [0.25, 0.3) is 11.8 Å². The quantitative estimate of drug-likeness (QED) is 0.0642. The van der Waals surface area contributed by atoms with Gasteiger partial charge in [-0.25, -0.2) is 0 Å². The first kappa shape index (κ1) is 43.4. The second kappa shape index (κ2) is 35.7. The molecule has 0 radical (unpaired) electrons. The van der Waals surface area contributed by atoms with E-state index in [-0.39, 0.29) is 25.0 Å². The fourth-order valence-electron chi connectivity index (χ4n) is 3.50. The van der Waals surface area contributed by atoms with E-state index >= 15 is 0 Å². The molecule has 0 saturated heterocycles. The standard InChI is InChI=1S/C31H58N2O14/c1-32-4-6-36-8-10-38-12-14-40-16-18-42-20-22-44-24-26-46-28-29-47-27-25-45-23-21-43-19-17-41-15-13-39-11-9-37-7-5-33-30(34)2-3-31(33)35/h2-3,32H,4-29H2,1H3. The van der Waals surface area contributed by atoms with Gasteiger partial charge in [0.1, 0.15) is 0 Å². The van der Waals surface area contributed by atoms with Gasteiger partial charge in [-0.1, -0.05) is 0 Å². The summed E-state index contributed by atoms with van der Waals surface area (Å²) in [7, 11) is 1.89. The topological polar surface area (TPSA) is 160 Å². The summed E-state index contributed by atoms with van der Waals surface area (Å²) < 4.78 is 65.2. The van der Waals surface area contributed by atoms with E-state index in [1.807, 2.05) is 7.05 Å². The minimum atomic E-state index is -0.307. The molecule has 0 bridgehead atoms. The fraction of sp³-hybridized carbons (Fsp3) is 0.871. The van der Waals surface area contributed by atoms with Gasteiger partial charge in [-0.15, -0.1) is 0 Å². The lowest BCUT2D eigenvalue weighted by Crippen LogP contribution is -2.33. The molecular weight excluding hydrogens is 624 g/mol. The second-order valence-electron chi connectivity index (χ2n) is 9.61. The number of hydrogen-bond acceptors (Lipinski definition) is 15. The molecule has 0 unspecified atom stereocenters. The molecule has 1 heterocycles. The normalized spacial score (nSPS) is 13.1. The van der Waals surface area contributed by atoms with E-state index in [0.29, 0.717) is 152 Å². The summed E-state index contributed by atoms with van der Waals surface area (Å²) in [5.74, 6) is -0.613. The van der Waals surface area contributed by atoms with Gasteiger partial charge in [0.15, 0.2) is 0 Å². The summed E-state index contributed by atoms with van der Waals surface area (Å²) in [6.45, 7) is 12.9. The first-order valence-corrected chi connectivity index (χ1v) is 16.4. The third-order valence-electron chi connectivity index (χ3n) is 5.95. The van der Waals surface area contributed by atoms with Crippen LogP contribution in [-0.4, -0.2) is 195 Å². The molecule has 0 fully saturated rings. The van der Waals surface area contributed by atoms with Crippen LogP contribution in [0.4, 0.5) is 0 Å². The Hall–Kier alpha value is -1.64. The van der Waals surface area contributed by atoms with E-state index in [9.17, 15) is 9.59 Å². The van der Waals surface area contributed by atoms with E-state index in [4.69, 9.17) is 56.8 Å². The maximum absolute atomic E-state index is 11.4. The van der Waals surface area contributed by atoms with E-state index < -0.39 is 0 Å². The van der Waals surface area contributed by atoms with Gasteiger partial charge in [0.05, 0.1) is 165 Å². The molecule has 0 aromatic heterocycles. The Kier molecular flexibility index (Phi) is 32.9. The van der Waals surface area contributed by atoms with Crippen molar-refractivity contribution in [1.29, 1.82) is 0 Å². The van der Waals surface area contributed by atoms with Crippen LogP contribution in [0.5, 0.6) is 0 Å². The molecule has 0 saturated carbocycles. The van der Waals surface area contributed by atoms with E-state index in [1.165, 1.54) is 12.2 Å². The predicted octanol–water partition coefficient (Wildman–Crippen LogP) is -0.670. The molecule has 0 aromatic rings. The SMILES string of the molecule is CNCCOCCOCCOCCOCCOCCOCCOCCOCCOCCOCCOCCOCCN1C(=O)C=CC1=O. The van der Waals surface area contributed by atoms with Crippen LogP contribution in [0.3, 0.4) is 0 Å². The Labute approximate surface area is 279 Å². The highest BCUT2D eigenvalue weighted by Gasteiger charge is 2.22. The highest BCUT2D eigenvalue weighted by molar-refractivity contribution is 6.12. The Morgan fingerprint density at radius 2 is 0.596 bits per heavy atom. The summed E-state index contributed by atoms with van der Waals surface area (Å²) in [6, 6.07) is 0. The molecule has 276 valence electrons. The lowest BCUT2D eigenvalue weighted by atomic mass is 10.5. The minimum absolute atomic E-state index is 0.239. The van der Waals surface area contributed by atoms with E-state index in [2.05, 4.69) is 5.32 Å². The number of carbonyl (C=O) groups excluding carboxylic acids is 2. The monoisotopic (exact) mass is 682 g/mol. The Morgan fingerprint density at radius 3 is 0.830 bits per heavy atom. The van der Waals surface area contributed by atoms with Gasteiger partial charge in [0.2, 0.25) is 0 Å². The molecule has 1 rings (SSSR count). The zero-order valence-electron chi connectivity index (χ0n) is 28.2. The summed E-state index contributed by atoms with van der Waals surface area (Å²) >= 11 is 0. The van der Waals surface area contributed by atoms with Crippen molar-refractivity contribution >= 4 is 11.8 Å². The maximum atomic E-state index is 11.4. The smallest absolute Gasteiger partial charge is 0.253 e. The molecule has 1 N–H and O–H groups in total. The van der Waals surface area contributed by atoms with Crippen LogP contribution in [0.25, 0.3) is 0 Å². The molecule has 2 amide bonds. The van der Waals surface area contributed by atoms with Crippen molar-refractivity contribution in [3.63, 3.8) is 0 Å². The van der Waals surface area contributed by atoms with Gasteiger partial charge in [-0.05, 0) is 7.05 Å². The van der Waals surface area contributed by atoms with Crippen LogP contribution in [0.2, 0.25) is 0 Å². The van der Waals surface area contributed by atoms with Crippen molar-refractivity contribution in [2.24, 2.45) is 0 Å². The molecule has 0 aliphatic carbocycles. The van der Waals surface area contributed by atoms with Crippen LogP contribution in [0, 0.1) is 0 Å². The zero-order chi connectivity index (χ0) is 33.7. The summed E-state index contributed by atoms with van der Waals surface area (Å²) in [5.41, 5.74) is 0. The number of nitrogens with one attached hydrogen (secondary N) is 1. The molecule has 16 heteroatoms. The number of imide groups is 1. The first-order valence-electron chi connectivity index (χ1n) is 16.4. The predicted molar refractivity (Wildman–Crippen MR) is 170 cm³/mol. The Balaban J connectivity index is 1.62. The van der Waals surface area contributed by atoms with Gasteiger partial charge < -0.3 is 62.2 Å². The van der Waals surface area contributed by atoms with Crippen LogP contribution in [0.15, 0.2) is 12.2 Å². The number of amides is 2. The minimum Gasteiger partial charge on any atom is -0.378 e. The van der Waals surface area contributed by atoms with Gasteiger partial charge in [-0.2, -0.15) is 0 Å². The molecule has 1 aliphatic heterocycles. The number of carbonyl (C=O) groups is 2. The zero-order valence-corrected chi connectivity index (χ0v) is 28.2. The fourth-order valence-corrected chi connectivity index (χ4v) is 3.50. The maximum Gasteiger partial charge on any atom is 0.253 e. The average Bonchev–Trinajstić information content (AvgIpc) is 3.40. The van der Waals surface area contributed by atoms with Crippen LogP contribution in [0.1, 0.15) is 0 Å². The molecule has 1 aliphatic rings. The van der Waals surface area contributed by atoms with Crippen molar-refractivity contribution < 1.29 is 66.4 Å². The van der Waals surface area contributed by atoms with Crippen LogP contribution >= 0.6 is 0 Å². The first-order chi connectivity index (χ1) is 23.3. The molecule has 0 spiro atoms. The number of likely N-dealkylation sites (N-methyl/N-ethyl adjacent to an activating group) is 1. The van der Waals surface area contributed by atoms with Crippen molar-refractivity contribution in [2.45, 2.75) is 0 Å². The second-order valence-corrected chi connectivity index (χ2v) is 9.61. The third kappa shape index (κ3) is 30.2. The Bertz CT molecular complexity index is 716. The number of nitrogens with zero attached hydrogens (tertiary/aromatic N) is 1. The average molecular weight is 683 g/mol. The molecule has 47 heavy (non-hydrogen) atoms. The molecular formula is C31H58N2O14. The van der Waals surface area contributed by atoms with E-state index in [0.717, 1.165) is 11.4 Å². The van der Waals surface area contributed by atoms with Gasteiger partial charge in [0, 0.05) is 18.7 Å². The highest BCUT2D eigenvalue weighted by atomic mass is 16.6. The summed E-state index contributed by atoms with van der Waals surface area (Å²) in [6.07, 6.45) is 2.51. The third-order valence-corrected chi connectivity index (χ3v) is 5.95. The van der Waals surface area contributed by atoms with E-state index in [1.54, 1.807) is 0 Å². The van der Waals surface area contributed by atoms with Crippen LogP contribution < -0.4 is 5.32 Å². The summed E-state index contributed by atoms with van der Waals surface area (Å²) in [5, 5.41) is 3.02. The van der Waals surface area contributed by atoms with Crippen molar-refractivity contribution in [3.05, 3.63) is 12.2 Å².